The average Bonchev–Trinajstić information content (AvgIpc) is 3.42. The number of carbonyl (C=O) groups excluding carboxylic acids is 1. The Hall–Kier alpha value is -2.88. The first-order chi connectivity index (χ1) is 12.8. The third-order valence-corrected chi connectivity index (χ3v) is 4.87. The summed E-state index contributed by atoms with van der Waals surface area (Å²) in [5.41, 5.74) is 2.02. The molecule has 0 unspecified atom stereocenters. The van der Waals surface area contributed by atoms with Crippen molar-refractivity contribution in [3.63, 3.8) is 0 Å². The second kappa shape index (κ2) is 7.56. The summed E-state index contributed by atoms with van der Waals surface area (Å²) in [6.07, 6.45) is 6.32. The predicted octanol–water partition coefficient (Wildman–Crippen LogP) is 3.71. The van der Waals surface area contributed by atoms with Crippen molar-refractivity contribution < 1.29 is 4.79 Å². The lowest BCUT2D eigenvalue weighted by Gasteiger charge is -2.18. The van der Waals surface area contributed by atoms with Gasteiger partial charge < -0.3 is 9.88 Å². The first-order valence-electron chi connectivity index (χ1n) is 9.21. The third-order valence-electron chi connectivity index (χ3n) is 4.87. The van der Waals surface area contributed by atoms with Crippen molar-refractivity contribution >= 4 is 5.91 Å². The summed E-state index contributed by atoms with van der Waals surface area (Å²) in [5, 5.41) is 3.12. The Bertz CT molecular complexity index is 814. The topological polar surface area (TPSA) is 46.9 Å². The molecule has 4 rings (SSSR count). The van der Waals surface area contributed by atoms with Crippen molar-refractivity contribution in [3.8, 4) is 0 Å². The summed E-state index contributed by atoms with van der Waals surface area (Å²) in [6, 6.07) is 19.9. The van der Waals surface area contributed by atoms with Crippen LogP contribution in [0.3, 0.4) is 0 Å². The van der Waals surface area contributed by atoms with Gasteiger partial charge in [-0.25, -0.2) is 4.98 Å². The van der Waals surface area contributed by atoms with E-state index in [1.165, 1.54) is 12.8 Å². The Morgan fingerprint density at radius 2 is 1.65 bits per heavy atom. The van der Waals surface area contributed by atoms with E-state index in [1.54, 1.807) is 0 Å². The number of aromatic nitrogens is 2. The molecule has 1 saturated carbocycles. The van der Waals surface area contributed by atoms with Gasteiger partial charge >= 0.3 is 0 Å². The van der Waals surface area contributed by atoms with Gasteiger partial charge in [-0.15, -0.1) is 0 Å². The van der Waals surface area contributed by atoms with E-state index in [9.17, 15) is 4.79 Å². The van der Waals surface area contributed by atoms with E-state index in [-0.39, 0.29) is 11.8 Å². The Morgan fingerprint density at radius 3 is 2.23 bits per heavy atom. The van der Waals surface area contributed by atoms with Gasteiger partial charge in [-0.3, -0.25) is 4.79 Å². The van der Waals surface area contributed by atoms with Crippen molar-refractivity contribution in [1.29, 1.82) is 0 Å². The largest absolute Gasteiger partial charge is 0.353 e. The van der Waals surface area contributed by atoms with E-state index in [1.807, 2.05) is 73.1 Å². The van der Waals surface area contributed by atoms with E-state index in [0.717, 1.165) is 23.5 Å². The summed E-state index contributed by atoms with van der Waals surface area (Å²) < 4.78 is 2.16. The second-order valence-electron chi connectivity index (χ2n) is 6.80. The summed E-state index contributed by atoms with van der Waals surface area (Å²) in [6.45, 7) is 1.36. The van der Waals surface area contributed by atoms with E-state index in [0.29, 0.717) is 12.5 Å². The first kappa shape index (κ1) is 16.6. The van der Waals surface area contributed by atoms with Crippen molar-refractivity contribution in [3.05, 3.63) is 90.0 Å². The highest BCUT2D eigenvalue weighted by Crippen LogP contribution is 2.38. The quantitative estimate of drug-likeness (QED) is 0.709. The number of hydrogen-bond acceptors (Lipinski definition) is 2. The standard InChI is InChI=1S/C22H23N3O/c26-22(24-14-16-25-15-13-23-21(25)19-11-12-19)20(17-7-3-1-4-8-17)18-9-5-2-6-10-18/h1-10,13,15,19-20H,11-12,14,16H2,(H,24,26). The van der Waals surface area contributed by atoms with Crippen LogP contribution in [0, 0.1) is 0 Å². The molecule has 1 N–H and O–H groups in total. The van der Waals surface area contributed by atoms with Crippen LogP contribution in [-0.2, 0) is 11.3 Å². The van der Waals surface area contributed by atoms with Crippen molar-refractivity contribution in [2.24, 2.45) is 0 Å². The van der Waals surface area contributed by atoms with E-state index < -0.39 is 0 Å². The number of rotatable bonds is 7. The molecule has 132 valence electrons. The van der Waals surface area contributed by atoms with Gasteiger partial charge in [-0.05, 0) is 24.0 Å². The Morgan fingerprint density at radius 1 is 1.04 bits per heavy atom. The normalized spacial score (nSPS) is 13.7. The number of carbonyl (C=O) groups is 1. The first-order valence-corrected chi connectivity index (χ1v) is 9.21. The minimum atomic E-state index is -0.289. The summed E-state index contributed by atoms with van der Waals surface area (Å²) in [4.78, 5) is 17.4. The maximum Gasteiger partial charge on any atom is 0.232 e. The molecule has 0 saturated heterocycles. The molecule has 1 aliphatic carbocycles. The molecule has 1 fully saturated rings. The number of benzene rings is 2. The molecular weight excluding hydrogens is 322 g/mol. The lowest BCUT2D eigenvalue weighted by Crippen LogP contribution is -2.32. The van der Waals surface area contributed by atoms with Gasteiger partial charge in [0.05, 0.1) is 5.92 Å². The number of nitrogens with one attached hydrogen (secondary N) is 1. The maximum atomic E-state index is 13.0. The zero-order valence-corrected chi connectivity index (χ0v) is 14.7. The fourth-order valence-corrected chi connectivity index (χ4v) is 3.40. The fraction of sp³-hybridized carbons (Fsp3) is 0.273. The van der Waals surface area contributed by atoms with Crippen LogP contribution in [0.25, 0.3) is 0 Å². The van der Waals surface area contributed by atoms with Crippen LogP contribution in [0.5, 0.6) is 0 Å². The van der Waals surface area contributed by atoms with Crippen LogP contribution in [0.4, 0.5) is 0 Å². The monoisotopic (exact) mass is 345 g/mol. The highest BCUT2D eigenvalue weighted by atomic mass is 16.1. The molecule has 2 aromatic carbocycles. The van der Waals surface area contributed by atoms with Gasteiger partial charge in [0.25, 0.3) is 0 Å². The van der Waals surface area contributed by atoms with Crippen molar-refractivity contribution in [2.75, 3.05) is 6.54 Å². The maximum absolute atomic E-state index is 13.0. The average molecular weight is 345 g/mol. The molecule has 1 amide bonds. The molecule has 3 aromatic rings. The Balaban J connectivity index is 1.45. The van der Waals surface area contributed by atoms with Crippen molar-refractivity contribution in [2.45, 2.75) is 31.2 Å². The minimum absolute atomic E-state index is 0.0375. The lowest BCUT2D eigenvalue weighted by atomic mass is 9.90. The van der Waals surface area contributed by atoms with E-state index in [4.69, 9.17) is 0 Å². The molecule has 4 heteroatoms. The van der Waals surface area contributed by atoms with Crippen molar-refractivity contribution in [1.82, 2.24) is 14.9 Å². The molecule has 1 heterocycles. The highest BCUT2D eigenvalue weighted by molar-refractivity contribution is 5.87. The summed E-state index contributed by atoms with van der Waals surface area (Å²) in [7, 11) is 0. The summed E-state index contributed by atoms with van der Waals surface area (Å²) in [5.74, 6) is 1.52. The SMILES string of the molecule is O=C(NCCn1ccnc1C1CC1)C(c1ccccc1)c1ccccc1. The second-order valence-corrected chi connectivity index (χ2v) is 6.80. The van der Waals surface area contributed by atoms with E-state index >= 15 is 0 Å². The van der Waals surface area contributed by atoms with Crippen LogP contribution in [0.1, 0.15) is 41.6 Å². The zero-order chi connectivity index (χ0) is 17.8. The highest BCUT2D eigenvalue weighted by Gasteiger charge is 2.28. The number of imidazole rings is 1. The Labute approximate surface area is 153 Å². The number of nitrogens with zero attached hydrogens (tertiary/aromatic N) is 2. The van der Waals surface area contributed by atoms with Gasteiger partial charge in [0.15, 0.2) is 0 Å². The van der Waals surface area contributed by atoms with Crippen LogP contribution in [-0.4, -0.2) is 22.0 Å². The van der Waals surface area contributed by atoms with Crippen LogP contribution in [0.15, 0.2) is 73.1 Å². The molecule has 4 nitrogen and oxygen atoms in total. The molecule has 0 bridgehead atoms. The van der Waals surface area contributed by atoms with Gasteiger partial charge in [0.2, 0.25) is 5.91 Å². The van der Waals surface area contributed by atoms with Gasteiger partial charge in [0.1, 0.15) is 5.82 Å². The van der Waals surface area contributed by atoms with Gasteiger partial charge in [-0.2, -0.15) is 0 Å². The molecule has 0 aliphatic heterocycles. The minimum Gasteiger partial charge on any atom is -0.353 e. The molecule has 0 radical (unpaired) electrons. The van der Waals surface area contributed by atoms with Crippen LogP contribution < -0.4 is 5.32 Å². The molecule has 26 heavy (non-hydrogen) atoms. The fourth-order valence-electron chi connectivity index (χ4n) is 3.40. The van der Waals surface area contributed by atoms with Gasteiger partial charge in [-0.1, -0.05) is 60.7 Å². The smallest absolute Gasteiger partial charge is 0.232 e. The zero-order valence-electron chi connectivity index (χ0n) is 14.7. The molecular formula is C22H23N3O. The molecule has 0 spiro atoms. The lowest BCUT2D eigenvalue weighted by molar-refractivity contribution is -0.121. The molecule has 0 atom stereocenters. The predicted molar refractivity (Wildman–Crippen MR) is 102 cm³/mol. The summed E-state index contributed by atoms with van der Waals surface area (Å²) >= 11 is 0. The van der Waals surface area contributed by atoms with E-state index in [2.05, 4.69) is 14.9 Å². The number of hydrogen-bond donors (Lipinski definition) is 1. The van der Waals surface area contributed by atoms with Crippen LogP contribution in [0.2, 0.25) is 0 Å². The molecule has 1 aromatic heterocycles. The molecule has 1 aliphatic rings. The van der Waals surface area contributed by atoms with Gasteiger partial charge in [0, 0.05) is 31.4 Å². The number of amides is 1. The Kier molecular flexibility index (Phi) is 4.82. The third kappa shape index (κ3) is 3.69. The van der Waals surface area contributed by atoms with Crippen LogP contribution >= 0.6 is 0 Å².